The summed E-state index contributed by atoms with van der Waals surface area (Å²) >= 11 is 1.47. The zero-order chi connectivity index (χ0) is 22.5. The van der Waals surface area contributed by atoms with Crippen molar-refractivity contribution < 1.29 is 24.2 Å². The van der Waals surface area contributed by atoms with Gasteiger partial charge >= 0.3 is 0 Å². The smallest absolute Gasteiger partial charge is 0.295 e. The summed E-state index contributed by atoms with van der Waals surface area (Å²) in [5.41, 5.74) is 0.628. The number of nitrogens with zero attached hydrogens (tertiary/aromatic N) is 2. The number of aliphatic hydroxyl groups excluding tert-OH is 1. The Morgan fingerprint density at radius 3 is 2.56 bits per heavy atom. The van der Waals surface area contributed by atoms with Crippen LogP contribution in [0.2, 0.25) is 0 Å². The van der Waals surface area contributed by atoms with Gasteiger partial charge < -0.3 is 19.5 Å². The van der Waals surface area contributed by atoms with Crippen LogP contribution in [0.25, 0.3) is 5.76 Å². The molecule has 4 rings (SSSR count). The summed E-state index contributed by atoms with van der Waals surface area (Å²) < 4.78 is 11.0. The topological polar surface area (TPSA) is 79.3 Å². The number of carbonyl (C=O) groups excluding carboxylic acids is 2. The third kappa shape index (κ3) is 4.72. The van der Waals surface area contributed by atoms with Gasteiger partial charge in [0.1, 0.15) is 11.5 Å². The molecule has 1 aromatic heterocycles. The lowest BCUT2D eigenvalue weighted by molar-refractivity contribution is -0.140. The van der Waals surface area contributed by atoms with E-state index >= 15 is 0 Å². The van der Waals surface area contributed by atoms with Gasteiger partial charge in [0.05, 0.1) is 31.4 Å². The summed E-state index contributed by atoms with van der Waals surface area (Å²) in [5.74, 6) is -0.669. The molecule has 0 unspecified atom stereocenters. The van der Waals surface area contributed by atoms with Gasteiger partial charge in [-0.2, -0.15) is 0 Å². The Labute approximate surface area is 191 Å². The van der Waals surface area contributed by atoms with Crippen molar-refractivity contribution in [1.29, 1.82) is 0 Å². The van der Waals surface area contributed by atoms with E-state index in [2.05, 4.69) is 4.90 Å². The van der Waals surface area contributed by atoms with E-state index in [0.717, 1.165) is 24.4 Å². The summed E-state index contributed by atoms with van der Waals surface area (Å²) in [6, 6.07) is 10.2. The number of Topliss-reactive ketones (excluding diaryl/α,β-unsaturated/α-hetero) is 1. The molecule has 0 spiro atoms. The molecule has 1 atom stereocenters. The van der Waals surface area contributed by atoms with Gasteiger partial charge in [-0.25, -0.2) is 0 Å². The maximum Gasteiger partial charge on any atom is 0.295 e. The number of benzene rings is 1. The highest BCUT2D eigenvalue weighted by Gasteiger charge is 2.46. The molecular weight excluding hydrogens is 428 g/mol. The molecule has 2 fully saturated rings. The van der Waals surface area contributed by atoms with Crippen LogP contribution in [0, 0.1) is 0 Å². The number of ether oxygens (including phenoxy) is 2. The standard InChI is InChI=1S/C24H28N2O5S/c1-2-13-31-18-7-5-17(6-8-18)22(27)20-21(19-4-3-16-32-19)26(24(29)23(20)28)10-9-25-11-14-30-15-12-25/h3-8,16,21,27H,2,9-15H2,1H3/t21-/m1/s1. The molecule has 1 N–H and O–H groups in total. The van der Waals surface area contributed by atoms with E-state index < -0.39 is 17.7 Å². The predicted molar refractivity (Wildman–Crippen MR) is 123 cm³/mol. The summed E-state index contributed by atoms with van der Waals surface area (Å²) in [5, 5.41) is 13.0. The van der Waals surface area contributed by atoms with Crippen molar-refractivity contribution in [3.8, 4) is 5.75 Å². The lowest BCUT2D eigenvalue weighted by atomic mass is 10.00. The SMILES string of the molecule is CCCOc1ccc(C(O)=C2C(=O)C(=O)N(CCN3CCOCC3)[C@@H]2c2cccs2)cc1. The number of carbonyl (C=O) groups is 2. The van der Waals surface area contributed by atoms with E-state index in [4.69, 9.17) is 9.47 Å². The molecule has 1 amide bonds. The van der Waals surface area contributed by atoms with Crippen LogP contribution in [0.4, 0.5) is 0 Å². The summed E-state index contributed by atoms with van der Waals surface area (Å²) in [6.45, 7) is 6.66. The van der Waals surface area contributed by atoms with Crippen molar-refractivity contribution in [2.24, 2.45) is 0 Å². The fraction of sp³-hybridized carbons (Fsp3) is 0.417. The minimum absolute atomic E-state index is 0.140. The Morgan fingerprint density at radius 2 is 1.91 bits per heavy atom. The molecule has 2 aliphatic rings. The molecule has 1 aromatic carbocycles. The second kappa shape index (κ2) is 10.3. The molecule has 2 aliphatic heterocycles. The van der Waals surface area contributed by atoms with E-state index in [0.29, 0.717) is 44.2 Å². The van der Waals surface area contributed by atoms with Crippen LogP contribution < -0.4 is 4.74 Å². The van der Waals surface area contributed by atoms with Crippen LogP contribution in [0.3, 0.4) is 0 Å². The molecule has 0 radical (unpaired) electrons. The van der Waals surface area contributed by atoms with Gasteiger partial charge in [0, 0.05) is 36.6 Å². The van der Waals surface area contributed by atoms with Crippen LogP contribution in [0.1, 0.15) is 29.8 Å². The summed E-state index contributed by atoms with van der Waals surface area (Å²) in [7, 11) is 0. The first-order valence-electron chi connectivity index (χ1n) is 10.9. The van der Waals surface area contributed by atoms with Gasteiger partial charge in [0.2, 0.25) is 0 Å². The molecule has 8 heteroatoms. The third-order valence-corrected chi connectivity index (χ3v) is 6.64. The molecule has 0 bridgehead atoms. The molecular formula is C24H28N2O5S. The van der Waals surface area contributed by atoms with Crippen molar-refractivity contribution in [1.82, 2.24) is 9.80 Å². The third-order valence-electron chi connectivity index (χ3n) is 5.71. The average Bonchev–Trinajstić information content (AvgIpc) is 3.44. The molecule has 2 saturated heterocycles. The van der Waals surface area contributed by atoms with Gasteiger partial charge in [-0.3, -0.25) is 14.5 Å². The highest BCUT2D eigenvalue weighted by Crippen LogP contribution is 2.41. The number of hydrogen-bond acceptors (Lipinski definition) is 7. The Morgan fingerprint density at radius 1 is 1.16 bits per heavy atom. The van der Waals surface area contributed by atoms with E-state index in [1.165, 1.54) is 11.3 Å². The minimum Gasteiger partial charge on any atom is -0.507 e. The van der Waals surface area contributed by atoms with Crippen molar-refractivity contribution in [2.45, 2.75) is 19.4 Å². The number of amides is 1. The molecule has 3 heterocycles. The van der Waals surface area contributed by atoms with E-state index in [1.807, 2.05) is 24.4 Å². The van der Waals surface area contributed by atoms with Gasteiger partial charge in [-0.05, 0) is 42.1 Å². The molecule has 170 valence electrons. The second-order valence-corrected chi connectivity index (χ2v) is 8.81. The average molecular weight is 457 g/mol. The van der Waals surface area contributed by atoms with E-state index in [9.17, 15) is 14.7 Å². The van der Waals surface area contributed by atoms with Crippen LogP contribution >= 0.6 is 11.3 Å². The quantitative estimate of drug-likeness (QED) is 0.373. The van der Waals surface area contributed by atoms with Crippen LogP contribution in [-0.4, -0.2) is 72.6 Å². The number of hydrogen-bond donors (Lipinski definition) is 1. The first kappa shape index (κ1) is 22.5. The first-order chi connectivity index (χ1) is 15.6. The zero-order valence-electron chi connectivity index (χ0n) is 18.2. The van der Waals surface area contributed by atoms with Gasteiger partial charge in [0.15, 0.2) is 0 Å². The normalized spacial score (nSPS) is 21.3. The summed E-state index contributed by atoms with van der Waals surface area (Å²) in [4.78, 5) is 30.7. The number of morpholine rings is 1. The fourth-order valence-electron chi connectivity index (χ4n) is 4.01. The minimum atomic E-state index is -0.644. The number of ketones is 1. The largest absolute Gasteiger partial charge is 0.507 e. The van der Waals surface area contributed by atoms with Crippen LogP contribution in [0.15, 0.2) is 47.4 Å². The molecule has 0 aliphatic carbocycles. The van der Waals surface area contributed by atoms with E-state index in [1.54, 1.807) is 29.2 Å². The summed E-state index contributed by atoms with van der Waals surface area (Å²) in [6.07, 6.45) is 0.899. The first-order valence-corrected chi connectivity index (χ1v) is 11.8. The van der Waals surface area contributed by atoms with Crippen LogP contribution in [0.5, 0.6) is 5.75 Å². The Bertz CT molecular complexity index is 965. The maximum absolute atomic E-state index is 13.0. The zero-order valence-corrected chi connectivity index (χ0v) is 19.0. The fourth-order valence-corrected chi connectivity index (χ4v) is 4.86. The van der Waals surface area contributed by atoms with Crippen molar-refractivity contribution >= 4 is 28.8 Å². The number of aliphatic hydroxyl groups is 1. The molecule has 2 aromatic rings. The lowest BCUT2D eigenvalue weighted by Gasteiger charge is -2.30. The van der Waals surface area contributed by atoms with Crippen molar-refractivity contribution in [3.63, 3.8) is 0 Å². The van der Waals surface area contributed by atoms with Gasteiger partial charge in [0.25, 0.3) is 11.7 Å². The monoisotopic (exact) mass is 456 g/mol. The van der Waals surface area contributed by atoms with Crippen LogP contribution in [-0.2, 0) is 14.3 Å². The highest BCUT2D eigenvalue weighted by molar-refractivity contribution is 7.10. The van der Waals surface area contributed by atoms with Gasteiger partial charge in [-0.1, -0.05) is 13.0 Å². The predicted octanol–water partition coefficient (Wildman–Crippen LogP) is 3.29. The van der Waals surface area contributed by atoms with Crippen molar-refractivity contribution in [2.75, 3.05) is 46.0 Å². The van der Waals surface area contributed by atoms with E-state index in [-0.39, 0.29) is 11.3 Å². The Hall–Kier alpha value is -2.68. The second-order valence-electron chi connectivity index (χ2n) is 7.83. The number of rotatable bonds is 8. The Balaban J connectivity index is 1.63. The molecule has 32 heavy (non-hydrogen) atoms. The molecule has 0 saturated carbocycles. The number of thiophene rings is 1. The maximum atomic E-state index is 13.0. The molecule has 7 nitrogen and oxygen atoms in total. The Kier molecular flexibility index (Phi) is 7.24. The van der Waals surface area contributed by atoms with Crippen molar-refractivity contribution in [3.05, 3.63) is 57.8 Å². The number of likely N-dealkylation sites (tertiary alicyclic amines) is 1. The lowest BCUT2D eigenvalue weighted by Crippen LogP contribution is -2.42. The van der Waals surface area contributed by atoms with Gasteiger partial charge in [-0.15, -0.1) is 11.3 Å². The highest BCUT2D eigenvalue weighted by atomic mass is 32.1.